The topological polar surface area (TPSA) is 338 Å². The van der Waals surface area contributed by atoms with Gasteiger partial charge in [-0.3, -0.25) is 33.6 Å². The molecule has 1 aromatic rings. The summed E-state index contributed by atoms with van der Waals surface area (Å²) in [5.41, 5.74) is -0.291. The summed E-state index contributed by atoms with van der Waals surface area (Å²) in [7, 11) is 0. The summed E-state index contributed by atoms with van der Waals surface area (Å²) < 4.78 is 30.5. The van der Waals surface area contributed by atoms with Crippen LogP contribution in [0.2, 0.25) is 0 Å². The van der Waals surface area contributed by atoms with Crippen molar-refractivity contribution < 1.29 is 90.8 Å². The molecule has 0 aliphatic carbocycles. The maximum atomic E-state index is 13.4. The van der Waals surface area contributed by atoms with Crippen molar-refractivity contribution in [3.63, 3.8) is 0 Å². The van der Waals surface area contributed by atoms with Crippen LogP contribution in [0.5, 0.6) is 0 Å². The fraction of sp³-hybridized carbons (Fsp3) is 0.525. The average Bonchev–Trinajstić information content (AvgIpc) is 3.94. The van der Waals surface area contributed by atoms with Gasteiger partial charge in [0, 0.05) is 0 Å². The number of rotatable bonds is 14. The molecular formula is C40H48N8O19. The Kier molecular flexibility index (Phi) is 15.4. The molecule has 12 amide bonds. The van der Waals surface area contributed by atoms with Crippen LogP contribution in [0.4, 0.5) is 24.0 Å². The number of cyclic esters (lactones) is 4. The largest absolute Gasteiger partial charge is 0.459 e. The predicted molar refractivity (Wildman–Crippen MR) is 216 cm³/mol. The Morgan fingerprint density at radius 2 is 0.821 bits per heavy atom. The average molecular weight is 945 g/mol. The van der Waals surface area contributed by atoms with Crippen LogP contribution in [0.25, 0.3) is 0 Å². The molecule has 0 aromatic heterocycles. The van der Waals surface area contributed by atoms with Crippen molar-refractivity contribution in [1.82, 2.24) is 40.9 Å². The Morgan fingerprint density at radius 3 is 1.16 bits per heavy atom. The fourth-order valence-corrected chi connectivity index (χ4v) is 7.15. The molecule has 4 heterocycles. The highest BCUT2D eigenvalue weighted by atomic mass is 16.6. The van der Waals surface area contributed by atoms with Crippen LogP contribution in [0.3, 0.4) is 0 Å². The van der Waals surface area contributed by atoms with Gasteiger partial charge in [0.25, 0.3) is 23.6 Å². The number of hydrogen-bond acceptors (Lipinski definition) is 19. The number of esters is 1. The van der Waals surface area contributed by atoms with Gasteiger partial charge in [-0.15, -0.1) is 0 Å². The van der Waals surface area contributed by atoms with E-state index in [4.69, 9.17) is 28.4 Å². The number of nitrogens with one attached hydrogen (secondary N) is 4. The highest BCUT2D eigenvalue weighted by Crippen LogP contribution is 2.25. The van der Waals surface area contributed by atoms with Gasteiger partial charge in [0.1, 0.15) is 43.2 Å². The lowest BCUT2D eigenvalue weighted by Gasteiger charge is -2.24. The quantitative estimate of drug-likeness (QED) is 0.122. The van der Waals surface area contributed by atoms with E-state index >= 15 is 0 Å². The molecule has 4 saturated heterocycles. The highest BCUT2D eigenvalue weighted by molar-refractivity contribution is 6.06. The van der Waals surface area contributed by atoms with Crippen molar-refractivity contribution in [2.24, 2.45) is 0 Å². The number of imide groups is 4. The van der Waals surface area contributed by atoms with E-state index in [0.29, 0.717) is 25.2 Å². The Hall–Kier alpha value is -7.87. The van der Waals surface area contributed by atoms with E-state index in [1.165, 1.54) is 27.7 Å². The minimum absolute atomic E-state index is 0.179. The Bertz CT molecular complexity index is 2230. The van der Waals surface area contributed by atoms with E-state index in [-0.39, 0.29) is 6.61 Å². The third kappa shape index (κ3) is 11.5. The van der Waals surface area contributed by atoms with Gasteiger partial charge in [-0.05, 0) is 54.0 Å². The maximum Gasteiger partial charge on any atom is 0.417 e. The summed E-state index contributed by atoms with van der Waals surface area (Å²) in [4.78, 5) is 170. The smallest absolute Gasteiger partial charge is 0.417 e. The molecule has 0 spiro atoms. The Morgan fingerprint density at radius 1 is 0.507 bits per heavy atom. The van der Waals surface area contributed by atoms with Crippen LogP contribution >= 0.6 is 0 Å². The van der Waals surface area contributed by atoms with Crippen molar-refractivity contribution in [3.8, 4) is 0 Å². The molecule has 27 heteroatoms. The van der Waals surface area contributed by atoms with Gasteiger partial charge < -0.3 is 49.7 Å². The zero-order valence-electron chi connectivity index (χ0n) is 37.1. The fourth-order valence-electron chi connectivity index (χ4n) is 7.15. The van der Waals surface area contributed by atoms with Gasteiger partial charge in [0.2, 0.25) is 17.7 Å². The SMILES string of the molecule is C[C@H]1OC(=O)N(C(=O)CNC(=O)OC(C)(C)C)[C@@H]1C(=O)NCC(=O)N1C(=O)O[C@H](C)[C@H]1C(=O)NCC(=O)N1C(=O)O[C@H](C)[C@H]1C(=O)NCC(=O)N1C(=O)O[C@H](C)[C@H]1C(=O)OCc1ccccc1. The summed E-state index contributed by atoms with van der Waals surface area (Å²) in [5, 5.41) is 8.68. The van der Waals surface area contributed by atoms with E-state index in [2.05, 4.69) is 21.3 Å². The van der Waals surface area contributed by atoms with Crippen LogP contribution in [-0.2, 0) is 73.4 Å². The monoisotopic (exact) mass is 944 g/mol. The second kappa shape index (κ2) is 20.5. The molecule has 0 radical (unpaired) electrons. The summed E-state index contributed by atoms with van der Waals surface area (Å²) in [6.07, 6.45) is -11.1. The van der Waals surface area contributed by atoms with Gasteiger partial charge in [0.05, 0.1) is 19.6 Å². The van der Waals surface area contributed by atoms with Gasteiger partial charge >= 0.3 is 36.4 Å². The number of nitrogens with zero attached hydrogens (tertiary/aromatic N) is 4. The Balaban J connectivity index is 1.16. The number of alkyl carbamates (subject to hydrolysis) is 1. The summed E-state index contributed by atoms with van der Waals surface area (Å²) in [5.74, 6) is -8.97. The lowest BCUT2D eigenvalue weighted by molar-refractivity contribution is -0.154. The van der Waals surface area contributed by atoms with E-state index in [1.807, 2.05) is 0 Å². The standard InChI is InChI=1S/C40H48N8O19/c1-18-27(45(36(58)63-18)24(50)14-42-33(55)29-20(3)65-38(60)47(29)26(52)16-44-35(57)67-40(5,6)7)31(53)41-13-23(49)46-28(19(2)64-37(46)59)32(54)43-15-25(51)48-30(21(4)66-39(48)61)34(56)62-17-22-11-9-8-10-12-22/h8-12,18-21,27-30H,13-17H2,1-7H3,(H,41,53)(H,42,55)(H,43,54)(H,44,57)/t18-,19-,20-,21-,27+,28+,29+,30+/m1/s1. The summed E-state index contributed by atoms with van der Waals surface area (Å²) in [6, 6.07) is 1.89. The zero-order valence-corrected chi connectivity index (χ0v) is 37.1. The van der Waals surface area contributed by atoms with Crippen molar-refractivity contribution in [2.45, 2.75) is 109 Å². The molecular weight excluding hydrogens is 896 g/mol. The molecule has 5 rings (SSSR count). The van der Waals surface area contributed by atoms with Crippen LogP contribution in [0.15, 0.2) is 30.3 Å². The molecule has 1 aromatic carbocycles. The number of carbonyl (C=O) groups is 13. The summed E-state index contributed by atoms with van der Waals surface area (Å²) in [6.45, 7) is 5.92. The predicted octanol–water partition coefficient (Wildman–Crippen LogP) is -1.45. The normalized spacial score (nSPS) is 24.5. The number of amides is 12. The number of ether oxygens (including phenoxy) is 6. The van der Waals surface area contributed by atoms with E-state index < -0.39 is 158 Å². The van der Waals surface area contributed by atoms with E-state index in [0.717, 1.165) is 0 Å². The van der Waals surface area contributed by atoms with Gasteiger partial charge in [-0.1, -0.05) is 30.3 Å². The molecule has 0 bridgehead atoms. The van der Waals surface area contributed by atoms with Crippen LogP contribution in [-0.4, -0.2) is 178 Å². The maximum absolute atomic E-state index is 13.4. The number of benzene rings is 1. The molecule has 67 heavy (non-hydrogen) atoms. The highest BCUT2D eigenvalue weighted by Gasteiger charge is 2.52. The third-order valence-corrected chi connectivity index (χ3v) is 10.2. The summed E-state index contributed by atoms with van der Waals surface area (Å²) >= 11 is 0. The molecule has 8 atom stereocenters. The molecule has 0 unspecified atom stereocenters. The zero-order chi connectivity index (χ0) is 49.7. The third-order valence-electron chi connectivity index (χ3n) is 10.2. The first-order valence-corrected chi connectivity index (χ1v) is 20.5. The van der Waals surface area contributed by atoms with Crippen molar-refractivity contribution in [2.75, 3.05) is 26.2 Å². The molecule has 4 fully saturated rings. The van der Waals surface area contributed by atoms with Crippen LogP contribution < -0.4 is 21.3 Å². The molecule has 27 nitrogen and oxygen atoms in total. The second-order valence-corrected chi connectivity index (χ2v) is 16.3. The van der Waals surface area contributed by atoms with Crippen molar-refractivity contribution in [3.05, 3.63) is 35.9 Å². The van der Waals surface area contributed by atoms with Gasteiger partial charge in [-0.2, -0.15) is 0 Å². The molecule has 4 aliphatic heterocycles. The van der Waals surface area contributed by atoms with Gasteiger partial charge in [0.15, 0.2) is 24.2 Å². The van der Waals surface area contributed by atoms with Crippen LogP contribution in [0, 0.1) is 0 Å². The Labute approximate surface area is 380 Å². The van der Waals surface area contributed by atoms with E-state index in [1.54, 1.807) is 51.1 Å². The molecule has 4 aliphatic rings. The first-order valence-electron chi connectivity index (χ1n) is 20.5. The first kappa shape index (κ1) is 50.1. The molecule has 0 saturated carbocycles. The van der Waals surface area contributed by atoms with Crippen molar-refractivity contribution >= 4 is 77.8 Å². The minimum Gasteiger partial charge on any atom is -0.459 e. The lowest BCUT2D eigenvalue weighted by Crippen LogP contribution is -2.57. The second-order valence-electron chi connectivity index (χ2n) is 16.3. The molecule has 362 valence electrons. The lowest BCUT2D eigenvalue weighted by atomic mass is 10.1. The minimum atomic E-state index is -1.76. The number of hydrogen-bond donors (Lipinski definition) is 4. The van der Waals surface area contributed by atoms with Gasteiger partial charge in [-0.25, -0.2) is 48.4 Å². The van der Waals surface area contributed by atoms with Crippen LogP contribution in [0.1, 0.15) is 54.0 Å². The molecule has 4 N–H and O–H groups in total. The van der Waals surface area contributed by atoms with E-state index in [9.17, 15) is 62.3 Å². The van der Waals surface area contributed by atoms with Crippen molar-refractivity contribution in [1.29, 1.82) is 0 Å². The first-order chi connectivity index (χ1) is 31.4. The number of carbonyl (C=O) groups excluding carboxylic acids is 13.